The third-order valence-electron chi connectivity index (χ3n) is 2.62. The number of amides is 1. The number of hydrogen-bond donors (Lipinski definition) is 1. The number of benzene rings is 2. The van der Waals surface area contributed by atoms with Crippen LogP contribution in [-0.4, -0.2) is 5.91 Å². The lowest BCUT2D eigenvalue weighted by atomic mass is 10.1. The summed E-state index contributed by atoms with van der Waals surface area (Å²) in [5.41, 5.74) is 0.473. The van der Waals surface area contributed by atoms with E-state index in [-0.39, 0.29) is 17.1 Å². The van der Waals surface area contributed by atoms with Crippen LogP contribution in [0, 0.1) is 11.6 Å². The minimum absolute atomic E-state index is 0.218. The second kappa shape index (κ2) is 6.33. The maximum absolute atomic E-state index is 13.5. The van der Waals surface area contributed by atoms with Gasteiger partial charge in [-0.2, -0.15) is 0 Å². The molecule has 0 atom stereocenters. The number of rotatable bonds is 3. The molecule has 104 valence electrons. The molecule has 0 spiro atoms. The Balaban J connectivity index is 2.09. The number of carbonyl (C=O) groups is 1. The maximum Gasteiger partial charge on any atom is 0.254 e. The summed E-state index contributed by atoms with van der Waals surface area (Å²) < 4.78 is 27.7. The van der Waals surface area contributed by atoms with Gasteiger partial charge in [0, 0.05) is 11.0 Å². The molecule has 1 N–H and O–H groups in total. The van der Waals surface area contributed by atoms with Crippen molar-refractivity contribution in [1.29, 1.82) is 0 Å². The first-order chi connectivity index (χ1) is 9.47. The average Bonchev–Trinajstić information content (AvgIpc) is 2.42. The second-order valence-electron chi connectivity index (χ2n) is 4.06. The summed E-state index contributed by atoms with van der Waals surface area (Å²) in [6.07, 6.45) is 0. The molecule has 0 heterocycles. The van der Waals surface area contributed by atoms with Crippen molar-refractivity contribution in [1.82, 2.24) is 5.32 Å². The number of nitrogens with one attached hydrogen (secondary N) is 1. The standard InChI is InChI=1S/C14H9BrClF2NO/c15-9-3-1-8(2-4-9)7-19-14(20)10-5-13(18)11(16)6-12(10)17/h1-6H,7H2,(H,19,20). The van der Waals surface area contributed by atoms with E-state index in [1.54, 1.807) is 0 Å². The molecule has 0 aromatic heterocycles. The van der Waals surface area contributed by atoms with E-state index in [9.17, 15) is 13.6 Å². The lowest BCUT2D eigenvalue weighted by Crippen LogP contribution is -2.24. The first-order valence-corrected chi connectivity index (χ1v) is 6.81. The number of halogens is 4. The minimum Gasteiger partial charge on any atom is -0.348 e. The van der Waals surface area contributed by atoms with Crippen LogP contribution in [0.25, 0.3) is 0 Å². The Morgan fingerprint density at radius 2 is 1.80 bits per heavy atom. The van der Waals surface area contributed by atoms with Gasteiger partial charge in [-0.25, -0.2) is 8.78 Å². The molecule has 1 amide bonds. The Kier molecular flexibility index (Phi) is 4.73. The van der Waals surface area contributed by atoms with Gasteiger partial charge in [0.1, 0.15) is 11.6 Å². The van der Waals surface area contributed by atoms with E-state index < -0.39 is 17.5 Å². The van der Waals surface area contributed by atoms with E-state index in [1.807, 2.05) is 24.3 Å². The third-order valence-corrected chi connectivity index (χ3v) is 3.44. The van der Waals surface area contributed by atoms with Crippen molar-refractivity contribution >= 4 is 33.4 Å². The van der Waals surface area contributed by atoms with Gasteiger partial charge in [0.15, 0.2) is 0 Å². The molecular formula is C14H9BrClF2NO. The van der Waals surface area contributed by atoms with Crippen molar-refractivity contribution in [3.63, 3.8) is 0 Å². The van der Waals surface area contributed by atoms with Gasteiger partial charge in [-0.05, 0) is 29.8 Å². The van der Waals surface area contributed by atoms with Gasteiger partial charge in [0.2, 0.25) is 0 Å². The SMILES string of the molecule is O=C(NCc1ccc(Br)cc1)c1cc(F)c(Cl)cc1F. The van der Waals surface area contributed by atoms with Crippen molar-refractivity contribution in [2.45, 2.75) is 6.54 Å². The zero-order valence-corrected chi connectivity index (χ0v) is 12.4. The quantitative estimate of drug-likeness (QED) is 0.812. The zero-order chi connectivity index (χ0) is 14.7. The van der Waals surface area contributed by atoms with Gasteiger partial charge >= 0.3 is 0 Å². The lowest BCUT2D eigenvalue weighted by Gasteiger charge is -2.07. The Labute approximate surface area is 127 Å². The predicted molar refractivity (Wildman–Crippen MR) is 76.7 cm³/mol. The van der Waals surface area contributed by atoms with Crippen LogP contribution < -0.4 is 5.32 Å². The Morgan fingerprint density at radius 3 is 2.45 bits per heavy atom. The zero-order valence-electron chi connectivity index (χ0n) is 10.1. The molecule has 0 fully saturated rings. The molecule has 6 heteroatoms. The highest BCUT2D eigenvalue weighted by Crippen LogP contribution is 2.19. The summed E-state index contributed by atoms with van der Waals surface area (Å²) >= 11 is 8.72. The van der Waals surface area contributed by atoms with Crippen LogP contribution in [0.4, 0.5) is 8.78 Å². The van der Waals surface area contributed by atoms with Gasteiger partial charge in [-0.15, -0.1) is 0 Å². The molecule has 2 aromatic rings. The van der Waals surface area contributed by atoms with Crippen molar-refractivity contribution in [2.24, 2.45) is 0 Å². The van der Waals surface area contributed by atoms with Crippen molar-refractivity contribution < 1.29 is 13.6 Å². The summed E-state index contributed by atoms with van der Waals surface area (Å²) in [6, 6.07) is 8.83. The first-order valence-electron chi connectivity index (χ1n) is 5.64. The first kappa shape index (κ1) is 14.9. The Morgan fingerprint density at radius 1 is 1.15 bits per heavy atom. The lowest BCUT2D eigenvalue weighted by molar-refractivity contribution is 0.0946. The smallest absolute Gasteiger partial charge is 0.254 e. The molecule has 20 heavy (non-hydrogen) atoms. The largest absolute Gasteiger partial charge is 0.348 e. The van der Waals surface area contributed by atoms with Crippen molar-refractivity contribution in [3.8, 4) is 0 Å². The molecule has 2 aromatic carbocycles. The van der Waals surface area contributed by atoms with Gasteiger partial charge < -0.3 is 5.32 Å². The maximum atomic E-state index is 13.5. The van der Waals surface area contributed by atoms with Gasteiger partial charge in [0.05, 0.1) is 10.6 Å². The van der Waals surface area contributed by atoms with Crippen LogP contribution in [0.2, 0.25) is 5.02 Å². The topological polar surface area (TPSA) is 29.1 Å². The normalized spacial score (nSPS) is 10.4. The van der Waals surface area contributed by atoms with Crippen molar-refractivity contribution in [3.05, 3.63) is 68.7 Å². The highest BCUT2D eigenvalue weighted by atomic mass is 79.9. The molecular weight excluding hydrogens is 352 g/mol. The highest BCUT2D eigenvalue weighted by molar-refractivity contribution is 9.10. The van der Waals surface area contributed by atoms with Gasteiger partial charge in [0.25, 0.3) is 5.91 Å². The van der Waals surface area contributed by atoms with Crippen LogP contribution >= 0.6 is 27.5 Å². The van der Waals surface area contributed by atoms with E-state index in [1.165, 1.54) is 0 Å². The average molecular weight is 361 g/mol. The monoisotopic (exact) mass is 359 g/mol. The van der Waals surface area contributed by atoms with Crippen LogP contribution in [0.1, 0.15) is 15.9 Å². The van der Waals surface area contributed by atoms with Crippen LogP contribution in [0.5, 0.6) is 0 Å². The fourth-order valence-electron chi connectivity index (χ4n) is 1.58. The van der Waals surface area contributed by atoms with Crippen LogP contribution in [0.3, 0.4) is 0 Å². The molecule has 2 rings (SSSR count). The summed E-state index contributed by atoms with van der Waals surface area (Å²) in [6.45, 7) is 0.218. The predicted octanol–water partition coefficient (Wildman–Crippen LogP) is 4.31. The number of hydrogen-bond acceptors (Lipinski definition) is 1. The second-order valence-corrected chi connectivity index (χ2v) is 5.38. The fraction of sp³-hybridized carbons (Fsp3) is 0.0714. The molecule has 2 nitrogen and oxygen atoms in total. The molecule has 0 aliphatic heterocycles. The summed E-state index contributed by atoms with van der Waals surface area (Å²) in [4.78, 5) is 11.8. The number of carbonyl (C=O) groups excluding carboxylic acids is 1. The molecule has 0 aliphatic rings. The summed E-state index contributed by atoms with van der Waals surface area (Å²) in [5.74, 6) is -2.38. The van der Waals surface area contributed by atoms with E-state index in [2.05, 4.69) is 21.2 Å². The minimum atomic E-state index is -0.857. The Hall–Kier alpha value is -1.46. The summed E-state index contributed by atoms with van der Waals surface area (Å²) in [5, 5.41) is 2.16. The van der Waals surface area contributed by atoms with E-state index in [0.29, 0.717) is 0 Å². The Bertz CT molecular complexity index is 646. The van der Waals surface area contributed by atoms with Gasteiger partial charge in [-0.3, -0.25) is 4.79 Å². The van der Waals surface area contributed by atoms with Crippen LogP contribution in [-0.2, 0) is 6.54 Å². The molecule has 0 unspecified atom stereocenters. The van der Waals surface area contributed by atoms with E-state index >= 15 is 0 Å². The van der Waals surface area contributed by atoms with E-state index in [4.69, 9.17) is 11.6 Å². The van der Waals surface area contributed by atoms with Gasteiger partial charge in [-0.1, -0.05) is 39.7 Å². The van der Waals surface area contributed by atoms with Crippen molar-refractivity contribution in [2.75, 3.05) is 0 Å². The molecule has 0 saturated carbocycles. The van der Waals surface area contributed by atoms with E-state index in [0.717, 1.165) is 22.2 Å². The molecule has 0 aliphatic carbocycles. The highest BCUT2D eigenvalue weighted by Gasteiger charge is 2.15. The third kappa shape index (κ3) is 3.55. The molecule has 0 radical (unpaired) electrons. The van der Waals surface area contributed by atoms with Crippen LogP contribution in [0.15, 0.2) is 40.9 Å². The molecule has 0 saturated heterocycles. The fourth-order valence-corrected chi connectivity index (χ4v) is 1.99. The summed E-state index contributed by atoms with van der Waals surface area (Å²) in [7, 11) is 0. The molecule has 0 bridgehead atoms.